The molecule has 1 aromatic rings. The van der Waals surface area contributed by atoms with Crippen LogP contribution in [0.5, 0.6) is 0 Å². The van der Waals surface area contributed by atoms with E-state index in [2.05, 4.69) is 5.16 Å². The molecule has 136 valence electrons. The summed E-state index contributed by atoms with van der Waals surface area (Å²) < 4.78 is 10.5. The highest BCUT2D eigenvalue weighted by molar-refractivity contribution is 5.97. The van der Waals surface area contributed by atoms with Crippen LogP contribution in [0.1, 0.15) is 73.2 Å². The maximum Gasteiger partial charge on any atom is 0.328 e. The van der Waals surface area contributed by atoms with E-state index >= 15 is 0 Å². The molecule has 4 rings (SSSR count). The number of amides is 1. The summed E-state index contributed by atoms with van der Waals surface area (Å²) in [5, 5.41) is 4.12. The van der Waals surface area contributed by atoms with Crippen molar-refractivity contribution in [1.82, 2.24) is 10.1 Å². The normalized spacial score (nSPS) is 28.8. The minimum atomic E-state index is -0.483. The van der Waals surface area contributed by atoms with E-state index in [0.29, 0.717) is 18.0 Å². The van der Waals surface area contributed by atoms with Gasteiger partial charge < -0.3 is 14.2 Å². The summed E-state index contributed by atoms with van der Waals surface area (Å²) in [7, 11) is 1.40. The van der Waals surface area contributed by atoms with Crippen LogP contribution >= 0.6 is 0 Å². The third-order valence-electron chi connectivity index (χ3n) is 6.20. The fraction of sp³-hybridized carbons (Fsp3) is 0.737. The third-order valence-corrected chi connectivity index (χ3v) is 6.20. The summed E-state index contributed by atoms with van der Waals surface area (Å²) in [6.07, 6.45) is 10.0. The first-order valence-electron chi connectivity index (χ1n) is 9.58. The van der Waals surface area contributed by atoms with E-state index in [0.717, 1.165) is 62.7 Å². The average molecular weight is 346 g/mol. The maximum atomic E-state index is 13.4. The van der Waals surface area contributed by atoms with Crippen molar-refractivity contribution in [2.24, 2.45) is 5.92 Å². The zero-order valence-corrected chi connectivity index (χ0v) is 14.8. The van der Waals surface area contributed by atoms with Gasteiger partial charge in [0, 0.05) is 18.0 Å². The number of fused-ring (bicyclic) bond motifs is 2. The zero-order valence-electron chi connectivity index (χ0n) is 14.8. The van der Waals surface area contributed by atoms with Crippen LogP contribution in [0.2, 0.25) is 0 Å². The molecule has 0 N–H and O–H groups in total. The Bertz CT molecular complexity index is 668. The van der Waals surface area contributed by atoms with Crippen LogP contribution in [-0.2, 0) is 22.4 Å². The molecule has 0 aromatic carbocycles. The number of carbonyl (C=O) groups excluding carboxylic acids is 2. The second-order valence-corrected chi connectivity index (χ2v) is 7.59. The fourth-order valence-corrected chi connectivity index (χ4v) is 4.95. The highest BCUT2D eigenvalue weighted by Gasteiger charge is 2.49. The van der Waals surface area contributed by atoms with Gasteiger partial charge in [-0.25, -0.2) is 4.79 Å². The molecule has 2 aliphatic carbocycles. The Morgan fingerprint density at radius 2 is 1.92 bits per heavy atom. The SMILES string of the molecule is COC(=O)[C@@H]1C[C@@H]2CCCC[C@H]2N1C(=O)c1noc2c1CCCCC2. The Morgan fingerprint density at radius 1 is 1.12 bits per heavy atom. The predicted octanol–water partition coefficient (Wildman–Crippen LogP) is 2.89. The molecule has 25 heavy (non-hydrogen) atoms. The van der Waals surface area contributed by atoms with Crippen molar-refractivity contribution in [3.05, 3.63) is 17.0 Å². The van der Waals surface area contributed by atoms with E-state index in [1.165, 1.54) is 13.5 Å². The van der Waals surface area contributed by atoms with Crippen molar-refractivity contribution in [3.8, 4) is 0 Å². The number of rotatable bonds is 2. The van der Waals surface area contributed by atoms with Gasteiger partial charge in [-0.1, -0.05) is 24.4 Å². The Labute approximate surface area is 147 Å². The highest BCUT2D eigenvalue weighted by atomic mass is 16.5. The van der Waals surface area contributed by atoms with E-state index in [1.807, 2.05) is 0 Å². The van der Waals surface area contributed by atoms with Gasteiger partial charge in [0.15, 0.2) is 5.69 Å². The molecule has 2 fully saturated rings. The van der Waals surface area contributed by atoms with Gasteiger partial charge in [0.1, 0.15) is 11.8 Å². The standard InChI is InChI=1S/C19H26N2O4/c1-24-19(23)15-11-12-7-5-6-9-14(12)21(15)18(22)17-13-8-3-2-4-10-16(13)25-20-17/h12,14-15H,2-11H2,1H3/t12-,14+,15-/m0/s1. The molecule has 6 nitrogen and oxygen atoms in total. The van der Waals surface area contributed by atoms with Crippen LogP contribution in [0.15, 0.2) is 4.52 Å². The van der Waals surface area contributed by atoms with E-state index < -0.39 is 6.04 Å². The molecule has 0 bridgehead atoms. The molecule has 1 saturated carbocycles. The summed E-state index contributed by atoms with van der Waals surface area (Å²) >= 11 is 0. The number of hydrogen-bond acceptors (Lipinski definition) is 5. The van der Waals surface area contributed by atoms with Crippen LogP contribution in [0.4, 0.5) is 0 Å². The van der Waals surface area contributed by atoms with Crippen LogP contribution < -0.4 is 0 Å². The second kappa shape index (κ2) is 6.81. The number of ether oxygens (including phenoxy) is 1. The third kappa shape index (κ3) is 2.85. The van der Waals surface area contributed by atoms with E-state index in [1.54, 1.807) is 4.90 Å². The molecule has 1 saturated heterocycles. The number of likely N-dealkylation sites (tertiary alicyclic amines) is 1. The summed E-state index contributed by atoms with van der Waals surface area (Å²) in [5.74, 6) is 0.802. The smallest absolute Gasteiger partial charge is 0.328 e. The minimum Gasteiger partial charge on any atom is -0.467 e. The summed E-state index contributed by atoms with van der Waals surface area (Å²) in [5.41, 5.74) is 1.39. The molecule has 0 unspecified atom stereocenters. The lowest BCUT2D eigenvalue weighted by Gasteiger charge is -2.32. The second-order valence-electron chi connectivity index (χ2n) is 7.59. The first-order chi connectivity index (χ1) is 12.2. The lowest BCUT2D eigenvalue weighted by molar-refractivity contribution is -0.145. The Hall–Kier alpha value is -1.85. The number of nitrogens with zero attached hydrogens (tertiary/aromatic N) is 2. The molecule has 1 amide bonds. The molecule has 2 heterocycles. The van der Waals surface area contributed by atoms with Crippen molar-refractivity contribution in [2.75, 3.05) is 7.11 Å². The first kappa shape index (κ1) is 16.6. The van der Waals surface area contributed by atoms with E-state index in [9.17, 15) is 9.59 Å². The van der Waals surface area contributed by atoms with Crippen LogP contribution in [-0.4, -0.2) is 41.1 Å². The van der Waals surface area contributed by atoms with Crippen molar-refractivity contribution >= 4 is 11.9 Å². The van der Waals surface area contributed by atoms with Gasteiger partial charge in [-0.15, -0.1) is 0 Å². The Kier molecular flexibility index (Phi) is 4.52. The summed E-state index contributed by atoms with van der Waals surface area (Å²) in [4.78, 5) is 27.5. The van der Waals surface area contributed by atoms with Crippen molar-refractivity contribution in [2.45, 2.75) is 76.3 Å². The quantitative estimate of drug-likeness (QED) is 0.608. The van der Waals surface area contributed by atoms with Gasteiger partial charge in [-0.2, -0.15) is 0 Å². The first-order valence-corrected chi connectivity index (χ1v) is 9.58. The number of aromatic nitrogens is 1. The molecular formula is C19H26N2O4. The molecule has 3 aliphatic rings. The van der Waals surface area contributed by atoms with Gasteiger partial charge in [-0.3, -0.25) is 4.79 Å². The fourth-order valence-electron chi connectivity index (χ4n) is 4.95. The lowest BCUT2D eigenvalue weighted by Crippen LogP contribution is -2.47. The Morgan fingerprint density at radius 3 is 2.76 bits per heavy atom. The largest absolute Gasteiger partial charge is 0.467 e. The molecule has 0 radical (unpaired) electrons. The van der Waals surface area contributed by atoms with Gasteiger partial charge in [0.25, 0.3) is 5.91 Å². The van der Waals surface area contributed by atoms with Gasteiger partial charge >= 0.3 is 5.97 Å². The van der Waals surface area contributed by atoms with Gasteiger partial charge in [0.2, 0.25) is 0 Å². The minimum absolute atomic E-state index is 0.128. The van der Waals surface area contributed by atoms with Gasteiger partial charge in [0.05, 0.1) is 7.11 Å². The molecule has 1 aliphatic heterocycles. The number of aryl methyl sites for hydroxylation is 1. The predicted molar refractivity (Wildman–Crippen MR) is 90.1 cm³/mol. The van der Waals surface area contributed by atoms with Crippen LogP contribution in [0.25, 0.3) is 0 Å². The molecule has 3 atom stereocenters. The molecule has 1 aromatic heterocycles. The molecule has 6 heteroatoms. The van der Waals surface area contributed by atoms with Crippen molar-refractivity contribution in [1.29, 1.82) is 0 Å². The highest BCUT2D eigenvalue weighted by Crippen LogP contribution is 2.41. The van der Waals surface area contributed by atoms with Crippen LogP contribution in [0.3, 0.4) is 0 Å². The summed E-state index contributed by atoms with van der Waals surface area (Å²) in [6.45, 7) is 0. The summed E-state index contributed by atoms with van der Waals surface area (Å²) in [6, 6.07) is -0.354. The monoisotopic (exact) mass is 346 g/mol. The maximum absolute atomic E-state index is 13.4. The molecule has 0 spiro atoms. The van der Waals surface area contributed by atoms with E-state index in [-0.39, 0.29) is 17.9 Å². The van der Waals surface area contributed by atoms with E-state index in [4.69, 9.17) is 9.26 Å². The lowest BCUT2D eigenvalue weighted by atomic mass is 9.84. The van der Waals surface area contributed by atoms with Crippen molar-refractivity contribution in [3.63, 3.8) is 0 Å². The number of carbonyl (C=O) groups is 2. The van der Waals surface area contributed by atoms with Gasteiger partial charge in [-0.05, 0) is 44.4 Å². The van der Waals surface area contributed by atoms with Crippen LogP contribution in [0, 0.1) is 5.92 Å². The Balaban J connectivity index is 1.67. The topological polar surface area (TPSA) is 72.6 Å². The zero-order chi connectivity index (χ0) is 17.4. The number of methoxy groups -OCH3 is 1. The average Bonchev–Trinajstić information content (AvgIpc) is 3.14. The number of hydrogen-bond donors (Lipinski definition) is 0. The number of esters is 1. The van der Waals surface area contributed by atoms with Crippen molar-refractivity contribution < 1.29 is 18.8 Å². The molecular weight excluding hydrogens is 320 g/mol.